The average molecular weight is 360 g/mol. The van der Waals surface area contributed by atoms with Crippen LogP contribution in [0.4, 0.5) is 0 Å². The van der Waals surface area contributed by atoms with Gasteiger partial charge in [-0.1, -0.05) is 41.7 Å². The molecule has 0 aliphatic heterocycles. The number of aromatic nitrogens is 4. The van der Waals surface area contributed by atoms with Crippen molar-refractivity contribution in [2.75, 3.05) is 0 Å². The zero-order valence-electron chi connectivity index (χ0n) is 13.4. The van der Waals surface area contributed by atoms with Crippen LogP contribution in [0.5, 0.6) is 5.88 Å². The molecule has 5 rings (SSSR count). The number of pyridine rings is 1. The normalized spacial score (nSPS) is 11.4. The molecule has 2 N–H and O–H groups in total. The predicted octanol–water partition coefficient (Wildman–Crippen LogP) is 3.70. The Morgan fingerprint density at radius 3 is 2.69 bits per heavy atom. The van der Waals surface area contributed by atoms with Crippen molar-refractivity contribution in [3.63, 3.8) is 0 Å². The van der Waals surface area contributed by atoms with Crippen molar-refractivity contribution in [1.29, 1.82) is 0 Å². The van der Waals surface area contributed by atoms with Gasteiger partial charge in [0.25, 0.3) is 0 Å². The van der Waals surface area contributed by atoms with Crippen molar-refractivity contribution >= 4 is 32.7 Å². The lowest BCUT2D eigenvalue weighted by molar-refractivity contribution is 0.455. The molecule has 0 bridgehead atoms. The third kappa shape index (κ3) is 2.29. The summed E-state index contributed by atoms with van der Waals surface area (Å²) >= 11 is 1.16. The predicted molar refractivity (Wildman–Crippen MR) is 102 cm³/mol. The van der Waals surface area contributed by atoms with Gasteiger partial charge in [-0.15, -0.1) is 0 Å². The molecule has 0 aliphatic carbocycles. The van der Waals surface area contributed by atoms with E-state index in [1.807, 2.05) is 53.1 Å². The number of nitrogens with zero attached hydrogens (tertiary/aromatic N) is 3. The fourth-order valence-corrected chi connectivity index (χ4v) is 3.82. The molecule has 2 aromatic carbocycles. The summed E-state index contributed by atoms with van der Waals surface area (Å²) in [5.41, 5.74) is 3.81. The number of nitrogens with one attached hydrogen (secondary N) is 1. The van der Waals surface area contributed by atoms with Gasteiger partial charge in [0.15, 0.2) is 5.65 Å². The van der Waals surface area contributed by atoms with Crippen molar-refractivity contribution < 1.29 is 5.11 Å². The minimum Gasteiger partial charge on any atom is -0.493 e. The number of hydrogen-bond acceptors (Lipinski definition) is 5. The second-order valence-electron chi connectivity index (χ2n) is 5.84. The molecule has 0 atom stereocenters. The highest BCUT2D eigenvalue weighted by Gasteiger charge is 2.16. The maximum Gasteiger partial charge on any atom is 0.305 e. The van der Waals surface area contributed by atoms with Gasteiger partial charge in [-0.3, -0.25) is 9.36 Å². The van der Waals surface area contributed by atoms with Crippen LogP contribution in [0.2, 0.25) is 0 Å². The third-order valence-corrected chi connectivity index (χ3v) is 5.03. The van der Waals surface area contributed by atoms with Crippen LogP contribution in [0.3, 0.4) is 0 Å². The van der Waals surface area contributed by atoms with Crippen LogP contribution in [0.1, 0.15) is 0 Å². The van der Waals surface area contributed by atoms with Gasteiger partial charge in [0.05, 0.1) is 15.9 Å². The Bertz CT molecular complexity index is 1320. The molecule has 0 spiro atoms. The number of imidazole rings is 1. The number of thiazole rings is 1. The summed E-state index contributed by atoms with van der Waals surface area (Å²) in [5, 5.41) is 9.86. The minimum absolute atomic E-state index is 0.0642. The molecular weight excluding hydrogens is 348 g/mol. The summed E-state index contributed by atoms with van der Waals surface area (Å²) < 4.78 is 2.75. The first-order valence-corrected chi connectivity index (χ1v) is 8.78. The second kappa shape index (κ2) is 5.53. The summed E-state index contributed by atoms with van der Waals surface area (Å²) in [6.07, 6.45) is 0. The maximum atomic E-state index is 11.6. The first kappa shape index (κ1) is 14.9. The lowest BCUT2D eigenvalue weighted by Gasteiger charge is -2.09. The molecule has 0 radical (unpaired) electrons. The molecule has 5 aromatic rings. The highest BCUT2D eigenvalue weighted by Crippen LogP contribution is 2.30. The van der Waals surface area contributed by atoms with E-state index in [0.29, 0.717) is 11.2 Å². The minimum atomic E-state index is -0.0910. The van der Waals surface area contributed by atoms with Crippen LogP contribution in [0.15, 0.2) is 65.5 Å². The van der Waals surface area contributed by atoms with E-state index in [4.69, 9.17) is 4.98 Å². The smallest absolute Gasteiger partial charge is 0.305 e. The van der Waals surface area contributed by atoms with Crippen LogP contribution >= 0.6 is 11.3 Å². The number of aromatic amines is 1. The highest BCUT2D eigenvalue weighted by atomic mass is 32.1. The van der Waals surface area contributed by atoms with E-state index in [9.17, 15) is 9.90 Å². The molecule has 7 heteroatoms. The monoisotopic (exact) mass is 360 g/mol. The van der Waals surface area contributed by atoms with Crippen molar-refractivity contribution in [3.8, 4) is 23.0 Å². The van der Waals surface area contributed by atoms with Crippen LogP contribution in [0, 0.1) is 0 Å². The zero-order valence-corrected chi connectivity index (χ0v) is 14.2. The Kier molecular flexibility index (Phi) is 3.16. The molecule has 0 amide bonds. The Labute approximate surface area is 151 Å². The van der Waals surface area contributed by atoms with E-state index in [1.54, 1.807) is 6.07 Å². The van der Waals surface area contributed by atoms with E-state index in [-0.39, 0.29) is 10.8 Å². The Morgan fingerprint density at radius 2 is 1.85 bits per heavy atom. The highest BCUT2D eigenvalue weighted by molar-refractivity contribution is 7.16. The van der Waals surface area contributed by atoms with Crippen molar-refractivity contribution in [3.05, 3.63) is 70.3 Å². The molecule has 0 fully saturated rings. The number of benzene rings is 2. The fraction of sp³-hybridized carbons (Fsp3) is 0. The molecule has 0 saturated carbocycles. The van der Waals surface area contributed by atoms with E-state index in [0.717, 1.165) is 38.6 Å². The molecule has 0 saturated heterocycles. The Hall–Kier alpha value is -3.45. The molecular formula is C19H12N4O2S. The molecule has 0 aliphatic rings. The van der Waals surface area contributed by atoms with Crippen LogP contribution in [-0.4, -0.2) is 24.6 Å². The van der Waals surface area contributed by atoms with E-state index in [2.05, 4.69) is 9.97 Å². The van der Waals surface area contributed by atoms with Gasteiger partial charge in [-0.2, -0.15) is 4.98 Å². The van der Waals surface area contributed by atoms with E-state index in [1.165, 1.54) is 6.07 Å². The van der Waals surface area contributed by atoms with E-state index >= 15 is 0 Å². The van der Waals surface area contributed by atoms with Crippen LogP contribution in [0.25, 0.3) is 38.5 Å². The van der Waals surface area contributed by atoms with Gasteiger partial charge >= 0.3 is 4.87 Å². The summed E-state index contributed by atoms with van der Waals surface area (Å²) in [6.45, 7) is 0. The molecule has 6 nitrogen and oxygen atoms in total. The average Bonchev–Trinajstić information content (AvgIpc) is 3.20. The summed E-state index contributed by atoms with van der Waals surface area (Å²) in [5.74, 6) is 0.659. The van der Waals surface area contributed by atoms with Crippen molar-refractivity contribution in [1.82, 2.24) is 19.5 Å². The fourth-order valence-electron chi connectivity index (χ4n) is 3.05. The molecule has 3 aromatic heterocycles. The van der Waals surface area contributed by atoms with Gasteiger partial charge in [-0.05, 0) is 24.3 Å². The molecule has 3 heterocycles. The summed E-state index contributed by atoms with van der Waals surface area (Å²) in [6, 6.07) is 18.8. The van der Waals surface area contributed by atoms with Crippen LogP contribution in [-0.2, 0) is 0 Å². The molecule has 26 heavy (non-hydrogen) atoms. The lowest BCUT2D eigenvalue weighted by atomic mass is 10.2. The quantitative estimate of drug-likeness (QED) is 0.503. The molecule has 126 valence electrons. The second-order valence-corrected chi connectivity index (χ2v) is 6.86. The SMILES string of the molecule is O=c1[nH]c2ccc(-n3c(-c4ccccc4)nc4ccc(O)nc43)cc2s1. The van der Waals surface area contributed by atoms with Gasteiger partial charge in [0.2, 0.25) is 5.88 Å². The van der Waals surface area contributed by atoms with Gasteiger partial charge in [0.1, 0.15) is 11.3 Å². The third-order valence-electron chi connectivity index (χ3n) is 4.18. The van der Waals surface area contributed by atoms with E-state index < -0.39 is 0 Å². The van der Waals surface area contributed by atoms with Gasteiger partial charge in [-0.25, -0.2) is 4.98 Å². The number of H-pyrrole nitrogens is 1. The number of fused-ring (bicyclic) bond motifs is 2. The largest absolute Gasteiger partial charge is 0.493 e. The first-order valence-electron chi connectivity index (χ1n) is 7.96. The lowest BCUT2D eigenvalue weighted by Crippen LogP contribution is -1.98. The van der Waals surface area contributed by atoms with Crippen molar-refractivity contribution in [2.24, 2.45) is 0 Å². The summed E-state index contributed by atoms with van der Waals surface area (Å²) in [4.78, 5) is 23.3. The number of hydrogen-bond donors (Lipinski definition) is 2. The Balaban J connectivity index is 1.86. The zero-order chi connectivity index (χ0) is 17.7. The van der Waals surface area contributed by atoms with Crippen molar-refractivity contribution in [2.45, 2.75) is 0 Å². The topological polar surface area (TPSA) is 83.8 Å². The first-order chi connectivity index (χ1) is 12.7. The maximum absolute atomic E-state index is 11.6. The van der Waals surface area contributed by atoms with Gasteiger partial charge in [0, 0.05) is 11.6 Å². The summed E-state index contributed by atoms with van der Waals surface area (Å²) in [7, 11) is 0. The molecule has 0 unspecified atom stereocenters. The number of aromatic hydroxyl groups is 1. The van der Waals surface area contributed by atoms with Gasteiger partial charge < -0.3 is 10.1 Å². The standard InChI is InChI=1S/C19H12N4O2S/c24-16-9-8-14-18(22-16)23(17(20-14)11-4-2-1-3-5-11)12-6-7-13-15(10-12)26-19(25)21-13/h1-10H,(H,21,25)(H,22,24). The van der Waals surface area contributed by atoms with Crippen LogP contribution < -0.4 is 4.87 Å². The number of rotatable bonds is 2. The Morgan fingerprint density at radius 1 is 1.00 bits per heavy atom.